The molecule has 2 atom stereocenters. The van der Waals surface area contributed by atoms with E-state index in [9.17, 15) is 5.26 Å². The fourth-order valence-corrected chi connectivity index (χ4v) is 9.66. The molecule has 0 spiro atoms. The molecular weight excluding hydrogens is 717 g/mol. The lowest BCUT2D eigenvalue weighted by Crippen LogP contribution is -2.35. The summed E-state index contributed by atoms with van der Waals surface area (Å²) in [5, 5.41) is 12.0. The molecule has 0 bridgehead atoms. The maximum atomic E-state index is 9.69. The van der Waals surface area contributed by atoms with E-state index in [1.165, 1.54) is 27.8 Å². The zero-order valence-corrected chi connectivity index (χ0v) is 32.3. The summed E-state index contributed by atoms with van der Waals surface area (Å²) < 4.78 is 6.18. The smallest absolute Gasteiger partial charge is 0.136 e. The molecule has 1 aromatic heterocycles. The molecule has 0 fully saturated rings. The monoisotopic (exact) mass is 754 g/mol. The molecule has 0 aliphatic heterocycles. The Morgan fingerprint density at radius 2 is 1.12 bits per heavy atom. The number of para-hydroxylation sites is 1. The SMILES string of the molecule is N#Cc1ccc(N(c2ccc(-c3ccc(-c4ccc5c(c4)oc4ccccc45)cc3)cc2)c2ccc3c(c2)C(c2ccccc2)(C2C=CC=CC2)c2ccccc2-3)cc1. The molecule has 0 radical (unpaired) electrons. The number of fused-ring (bicyclic) bond motifs is 6. The zero-order chi connectivity index (χ0) is 39.3. The molecular formula is C56H38N2O. The summed E-state index contributed by atoms with van der Waals surface area (Å²) in [5.74, 6) is 0.231. The highest BCUT2D eigenvalue weighted by Crippen LogP contribution is 2.59. The van der Waals surface area contributed by atoms with Gasteiger partial charge in [-0.3, -0.25) is 0 Å². The number of rotatable bonds is 7. The van der Waals surface area contributed by atoms with Crippen LogP contribution in [0.3, 0.4) is 0 Å². The van der Waals surface area contributed by atoms with E-state index in [0.29, 0.717) is 5.56 Å². The van der Waals surface area contributed by atoms with Gasteiger partial charge in [-0.1, -0.05) is 146 Å². The third kappa shape index (κ3) is 5.64. The topological polar surface area (TPSA) is 40.2 Å². The lowest BCUT2D eigenvalue weighted by molar-refractivity contribution is 0.457. The predicted octanol–water partition coefficient (Wildman–Crippen LogP) is 14.7. The van der Waals surface area contributed by atoms with Crippen molar-refractivity contribution in [2.75, 3.05) is 4.90 Å². The van der Waals surface area contributed by atoms with E-state index in [4.69, 9.17) is 4.42 Å². The quantitative estimate of drug-likeness (QED) is 0.163. The highest BCUT2D eigenvalue weighted by atomic mass is 16.3. The second-order valence-electron chi connectivity index (χ2n) is 15.5. The Morgan fingerprint density at radius 3 is 1.86 bits per heavy atom. The first-order chi connectivity index (χ1) is 29.2. The Labute approximate surface area is 344 Å². The fourth-order valence-electron chi connectivity index (χ4n) is 9.66. The molecule has 1 heterocycles. The van der Waals surface area contributed by atoms with Crippen LogP contribution in [-0.4, -0.2) is 0 Å². The number of furan rings is 1. The molecule has 0 saturated heterocycles. The van der Waals surface area contributed by atoms with Crippen molar-refractivity contribution in [1.29, 1.82) is 5.26 Å². The summed E-state index contributed by atoms with van der Waals surface area (Å²) in [6.07, 6.45) is 10.0. The van der Waals surface area contributed by atoms with Gasteiger partial charge in [-0.25, -0.2) is 0 Å². The second-order valence-corrected chi connectivity index (χ2v) is 15.5. The van der Waals surface area contributed by atoms with Crippen molar-refractivity contribution >= 4 is 39.0 Å². The molecule has 0 saturated carbocycles. The number of anilines is 3. The van der Waals surface area contributed by atoms with Gasteiger partial charge in [-0.2, -0.15) is 5.26 Å². The molecule has 8 aromatic carbocycles. The highest BCUT2D eigenvalue weighted by molar-refractivity contribution is 6.06. The van der Waals surface area contributed by atoms with Gasteiger partial charge in [0.25, 0.3) is 0 Å². The Kier molecular flexibility index (Phi) is 8.24. The first kappa shape index (κ1) is 34.6. The number of hydrogen-bond acceptors (Lipinski definition) is 3. The maximum Gasteiger partial charge on any atom is 0.136 e. The van der Waals surface area contributed by atoms with Crippen LogP contribution in [0.15, 0.2) is 217 Å². The van der Waals surface area contributed by atoms with Crippen LogP contribution in [-0.2, 0) is 5.41 Å². The first-order valence-electron chi connectivity index (χ1n) is 20.2. The minimum atomic E-state index is -0.380. The molecule has 9 aromatic rings. The molecule has 2 aliphatic carbocycles. The minimum absolute atomic E-state index is 0.231. The molecule has 2 aliphatic rings. The Hall–Kier alpha value is -7.67. The van der Waals surface area contributed by atoms with Crippen LogP contribution in [0.5, 0.6) is 0 Å². The maximum absolute atomic E-state index is 9.69. The number of nitriles is 1. The third-order valence-electron chi connectivity index (χ3n) is 12.4. The number of benzene rings is 8. The van der Waals surface area contributed by atoms with Gasteiger partial charge in [0.2, 0.25) is 0 Å². The van der Waals surface area contributed by atoms with Crippen molar-refractivity contribution in [2.24, 2.45) is 5.92 Å². The summed E-state index contributed by atoms with van der Waals surface area (Å²) in [4.78, 5) is 2.32. The summed E-state index contributed by atoms with van der Waals surface area (Å²) in [5.41, 5.74) is 16.2. The van der Waals surface area contributed by atoms with E-state index in [2.05, 4.69) is 199 Å². The van der Waals surface area contributed by atoms with Gasteiger partial charge in [-0.15, -0.1) is 0 Å². The van der Waals surface area contributed by atoms with Crippen molar-refractivity contribution in [3.05, 3.63) is 235 Å². The molecule has 3 heteroatoms. The van der Waals surface area contributed by atoms with Crippen molar-refractivity contribution in [3.63, 3.8) is 0 Å². The van der Waals surface area contributed by atoms with E-state index in [1.54, 1.807) is 0 Å². The molecule has 2 unspecified atom stereocenters. The van der Waals surface area contributed by atoms with Gasteiger partial charge in [0.15, 0.2) is 0 Å². The van der Waals surface area contributed by atoms with Gasteiger partial charge in [-0.05, 0) is 129 Å². The fraction of sp³-hybridized carbons (Fsp3) is 0.0536. The largest absolute Gasteiger partial charge is 0.456 e. The zero-order valence-electron chi connectivity index (χ0n) is 32.3. The molecule has 0 N–H and O–H groups in total. The van der Waals surface area contributed by atoms with E-state index >= 15 is 0 Å². The van der Waals surface area contributed by atoms with Gasteiger partial charge >= 0.3 is 0 Å². The normalized spacial score (nSPS) is 16.5. The number of allylic oxidation sites excluding steroid dienone is 4. The van der Waals surface area contributed by atoms with Crippen LogP contribution in [0, 0.1) is 17.2 Å². The lowest BCUT2D eigenvalue weighted by Gasteiger charge is -2.40. The Morgan fingerprint density at radius 1 is 0.508 bits per heavy atom. The van der Waals surface area contributed by atoms with Crippen LogP contribution >= 0.6 is 0 Å². The molecule has 278 valence electrons. The summed E-state index contributed by atoms with van der Waals surface area (Å²) in [7, 11) is 0. The second kappa shape index (κ2) is 14.1. The number of hydrogen-bond donors (Lipinski definition) is 0. The van der Waals surface area contributed by atoms with Gasteiger partial charge < -0.3 is 9.32 Å². The Bertz CT molecular complexity index is 3130. The van der Waals surface area contributed by atoms with E-state index < -0.39 is 0 Å². The predicted molar refractivity (Wildman–Crippen MR) is 242 cm³/mol. The standard InChI is InChI=1S/C56H38N2O/c57-37-38-19-28-45(29-20-38)58(46-30-25-40(26-31-46)39-21-23-41(24-22-39)42-27-33-51-50-16-8-10-18-54(50)59-55(51)35-42)47-32-34-49-48-15-7-9-17-52(48)56(53(49)36-47,43-11-3-1-4-12-43)44-13-5-2-6-14-44/h1-13,15-36,44H,14H2. The Balaban J connectivity index is 0.989. The van der Waals surface area contributed by atoms with E-state index in [-0.39, 0.29) is 11.3 Å². The van der Waals surface area contributed by atoms with Crippen molar-refractivity contribution in [2.45, 2.75) is 11.8 Å². The van der Waals surface area contributed by atoms with E-state index in [0.717, 1.165) is 67.7 Å². The summed E-state index contributed by atoms with van der Waals surface area (Å²) in [6.45, 7) is 0. The summed E-state index contributed by atoms with van der Waals surface area (Å²) in [6, 6.07) is 69.5. The number of nitrogens with zero attached hydrogens (tertiary/aromatic N) is 2. The average molecular weight is 755 g/mol. The van der Waals surface area contributed by atoms with Crippen LogP contribution in [0.25, 0.3) is 55.3 Å². The van der Waals surface area contributed by atoms with Crippen LogP contribution in [0.1, 0.15) is 28.7 Å². The van der Waals surface area contributed by atoms with Crippen molar-refractivity contribution in [1.82, 2.24) is 0 Å². The minimum Gasteiger partial charge on any atom is -0.456 e. The highest BCUT2D eigenvalue weighted by Gasteiger charge is 2.49. The van der Waals surface area contributed by atoms with Crippen LogP contribution < -0.4 is 4.90 Å². The van der Waals surface area contributed by atoms with Crippen LogP contribution in [0.2, 0.25) is 0 Å². The van der Waals surface area contributed by atoms with Crippen molar-refractivity contribution < 1.29 is 4.42 Å². The molecule has 0 amide bonds. The summed E-state index contributed by atoms with van der Waals surface area (Å²) >= 11 is 0. The first-order valence-corrected chi connectivity index (χ1v) is 20.2. The van der Waals surface area contributed by atoms with Gasteiger partial charge in [0.1, 0.15) is 11.2 Å². The molecule has 3 nitrogen and oxygen atoms in total. The molecule has 59 heavy (non-hydrogen) atoms. The lowest BCUT2D eigenvalue weighted by atomic mass is 9.62. The van der Waals surface area contributed by atoms with Crippen LogP contribution in [0.4, 0.5) is 17.1 Å². The third-order valence-corrected chi connectivity index (χ3v) is 12.4. The van der Waals surface area contributed by atoms with Gasteiger partial charge in [0, 0.05) is 27.8 Å². The van der Waals surface area contributed by atoms with Crippen molar-refractivity contribution in [3.8, 4) is 39.4 Å². The molecule has 11 rings (SSSR count). The average Bonchev–Trinajstić information content (AvgIpc) is 3.83. The van der Waals surface area contributed by atoms with E-state index in [1.807, 2.05) is 24.3 Å². The van der Waals surface area contributed by atoms with Gasteiger partial charge in [0.05, 0.1) is 17.0 Å².